The van der Waals surface area contributed by atoms with E-state index in [-0.39, 0.29) is 18.6 Å². The summed E-state index contributed by atoms with van der Waals surface area (Å²) in [5.74, 6) is 0.543. The van der Waals surface area contributed by atoms with E-state index in [0.29, 0.717) is 5.75 Å². The number of aromatic nitrogens is 1. The molecule has 2 aromatic carbocycles. The van der Waals surface area contributed by atoms with Crippen molar-refractivity contribution < 1.29 is 9.53 Å². The molecule has 3 aromatic rings. The van der Waals surface area contributed by atoms with Crippen molar-refractivity contribution in [1.29, 1.82) is 0 Å². The number of pyridine rings is 1. The first-order valence-electron chi connectivity index (χ1n) is 9.07. The molecular formula is C22H22N2O2. The molecule has 1 heterocycles. The van der Waals surface area contributed by atoms with E-state index in [9.17, 15) is 4.79 Å². The molecule has 1 aromatic heterocycles. The maximum atomic E-state index is 12.4. The van der Waals surface area contributed by atoms with Gasteiger partial charge < -0.3 is 10.1 Å². The summed E-state index contributed by atoms with van der Waals surface area (Å²) < 4.78 is 5.79. The van der Waals surface area contributed by atoms with Crippen LogP contribution in [0.3, 0.4) is 0 Å². The second-order valence-corrected chi connectivity index (χ2v) is 6.78. The van der Waals surface area contributed by atoms with E-state index in [0.717, 1.165) is 35.9 Å². The molecule has 1 N–H and O–H groups in total. The molecular weight excluding hydrogens is 324 g/mol. The Hall–Kier alpha value is -2.88. The van der Waals surface area contributed by atoms with Gasteiger partial charge in [-0.1, -0.05) is 42.5 Å². The topological polar surface area (TPSA) is 51.2 Å². The zero-order chi connectivity index (χ0) is 17.9. The zero-order valence-electron chi connectivity index (χ0n) is 14.9. The number of amides is 1. The molecule has 1 aliphatic rings. The molecule has 1 aliphatic carbocycles. The first-order chi connectivity index (χ1) is 12.7. The van der Waals surface area contributed by atoms with Crippen LogP contribution in [-0.2, 0) is 11.2 Å². The number of fused-ring (bicyclic) bond motifs is 2. The van der Waals surface area contributed by atoms with Crippen molar-refractivity contribution >= 4 is 16.8 Å². The summed E-state index contributed by atoms with van der Waals surface area (Å²) in [5.41, 5.74) is 4.29. The number of aryl methyl sites for hydroxylation is 2. The average molecular weight is 346 g/mol. The fraction of sp³-hybridized carbons (Fsp3) is 0.273. The molecule has 26 heavy (non-hydrogen) atoms. The monoisotopic (exact) mass is 346 g/mol. The smallest absolute Gasteiger partial charge is 0.258 e. The molecule has 4 nitrogen and oxygen atoms in total. The minimum absolute atomic E-state index is 0.00655. The van der Waals surface area contributed by atoms with Crippen LogP contribution in [0, 0.1) is 6.92 Å². The first-order valence-corrected chi connectivity index (χ1v) is 9.07. The lowest BCUT2D eigenvalue weighted by atomic mass is 9.88. The normalized spacial score (nSPS) is 16.1. The number of hydrogen-bond acceptors (Lipinski definition) is 3. The van der Waals surface area contributed by atoms with Gasteiger partial charge in [-0.3, -0.25) is 4.79 Å². The van der Waals surface area contributed by atoms with Gasteiger partial charge in [0, 0.05) is 11.1 Å². The Labute approximate surface area is 153 Å². The number of carbonyl (C=O) groups excluding carboxylic acids is 1. The Balaban J connectivity index is 1.45. The fourth-order valence-corrected chi connectivity index (χ4v) is 3.62. The van der Waals surface area contributed by atoms with E-state index in [1.165, 1.54) is 11.1 Å². The van der Waals surface area contributed by atoms with Crippen LogP contribution in [0.5, 0.6) is 5.75 Å². The lowest BCUT2D eigenvalue weighted by Crippen LogP contribution is -2.34. The number of nitrogens with zero attached hydrogens (tertiary/aromatic N) is 1. The molecule has 1 amide bonds. The van der Waals surface area contributed by atoms with Crippen LogP contribution in [0.25, 0.3) is 10.9 Å². The first kappa shape index (κ1) is 16.6. The Morgan fingerprint density at radius 1 is 1.15 bits per heavy atom. The summed E-state index contributed by atoms with van der Waals surface area (Å²) in [4.78, 5) is 17.0. The molecule has 1 unspecified atom stereocenters. The van der Waals surface area contributed by atoms with Gasteiger partial charge in [0.2, 0.25) is 0 Å². The van der Waals surface area contributed by atoms with Crippen molar-refractivity contribution in [3.63, 3.8) is 0 Å². The molecule has 132 valence electrons. The predicted octanol–water partition coefficient (Wildman–Crippen LogP) is 4.12. The second kappa shape index (κ2) is 7.16. The standard InChI is InChI=1S/C22H22N2O2/c1-15-12-13-17-8-5-11-20(22(17)23-15)26-14-21(25)24-19-10-4-7-16-6-2-3-9-18(16)19/h2-3,5-6,8-9,11-13,19H,4,7,10,14H2,1H3,(H,24,25). The van der Waals surface area contributed by atoms with Gasteiger partial charge in [-0.05, 0) is 49.4 Å². The number of hydrogen-bond donors (Lipinski definition) is 1. The maximum absolute atomic E-state index is 12.4. The maximum Gasteiger partial charge on any atom is 0.258 e. The van der Waals surface area contributed by atoms with Crippen molar-refractivity contribution in [3.05, 3.63) is 71.4 Å². The lowest BCUT2D eigenvalue weighted by Gasteiger charge is -2.26. The lowest BCUT2D eigenvalue weighted by molar-refractivity contribution is -0.123. The number of nitrogens with one attached hydrogen (secondary N) is 1. The summed E-state index contributed by atoms with van der Waals surface area (Å²) in [7, 11) is 0. The second-order valence-electron chi connectivity index (χ2n) is 6.78. The summed E-state index contributed by atoms with van der Waals surface area (Å²) in [5, 5.41) is 4.13. The third kappa shape index (κ3) is 3.40. The highest BCUT2D eigenvalue weighted by molar-refractivity contribution is 5.85. The van der Waals surface area contributed by atoms with Gasteiger partial charge in [0.25, 0.3) is 5.91 Å². The largest absolute Gasteiger partial charge is 0.481 e. The van der Waals surface area contributed by atoms with Gasteiger partial charge in [0.15, 0.2) is 6.61 Å². The van der Waals surface area contributed by atoms with Gasteiger partial charge in [0.1, 0.15) is 11.3 Å². The van der Waals surface area contributed by atoms with Gasteiger partial charge in [-0.2, -0.15) is 0 Å². The summed E-state index contributed by atoms with van der Waals surface area (Å²) in [6.07, 6.45) is 3.15. The minimum atomic E-state index is -0.101. The van der Waals surface area contributed by atoms with E-state index >= 15 is 0 Å². The molecule has 0 bridgehead atoms. The molecule has 0 spiro atoms. The van der Waals surface area contributed by atoms with E-state index in [2.05, 4.69) is 28.5 Å². The Morgan fingerprint density at radius 2 is 2.04 bits per heavy atom. The minimum Gasteiger partial charge on any atom is -0.481 e. The van der Waals surface area contributed by atoms with Gasteiger partial charge in [-0.15, -0.1) is 0 Å². The molecule has 1 atom stereocenters. The Kier molecular flexibility index (Phi) is 4.57. The van der Waals surface area contributed by atoms with E-state index < -0.39 is 0 Å². The SMILES string of the molecule is Cc1ccc2cccc(OCC(=O)NC3CCCc4ccccc43)c2n1. The number of carbonyl (C=O) groups is 1. The molecule has 4 rings (SSSR count). The van der Waals surface area contributed by atoms with Crippen molar-refractivity contribution in [2.45, 2.75) is 32.2 Å². The van der Waals surface area contributed by atoms with E-state index in [4.69, 9.17) is 4.74 Å². The van der Waals surface area contributed by atoms with Crippen LogP contribution in [0.1, 0.15) is 35.7 Å². The fourth-order valence-electron chi connectivity index (χ4n) is 3.62. The van der Waals surface area contributed by atoms with Crippen molar-refractivity contribution in [3.8, 4) is 5.75 Å². The van der Waals surface area contributed by atoms with Crippen LogP contribution in [0.2, 0.25) is 0 Å². The van der Waals surface area contributed by atoms with Crippen LogP contribution in [-0.4, -0.2) is 17.5 Å². The molecule has 0 saturated carbocycles. The van der Waals surface area contributed by atoms with Crippen LogP contribution in [0.15, 0.2) is 54.6 Å². The van der Waals surface area contributed by atoms with Crippen LogP contribution >= 0.6 is 0 Å². The van der Waals surface area contributed by atoms with Crippen molar-refractivity contribution in [2.24, 2.45) is 0 Å². The van der Waals surface area contributed by atoms with Crippen molar-refractivity contribution in [1.82, 2.24) is 10.3 Å². The van der Waals surface area contributed by atoms with E-state index in [1.807, 2.05) is 43.3 Å². The van der Waals surface area contributed by atoms with Gasteiger partial charge in [0.05, 0.1) is 6.04 Å². The predicted molar refractivity (Wildman–Crippen MR) is 102 cm³/mol. The highest BCUT2D eigenvalue weighted by Crippen LogP contribution is 2.29. The quantitative estimate of drug-likeness (QED) is 0.773. The van der Waals surface area contributed by atoms with Gasteiger partial charge in [-0.25, -0.2) is 4.98 Å². The highest BCUT2D eigenvalue weighted by Gasteiger charge is 2.21. The molecule has 0 radical (unpaired) electrons. The van der Waals surface area contributed by atoms with Crippen LogP contribution < -0.4 is 10.1 Å². The molecule has 4 heteroatoms. The number of rotatable bonds is 4. The van der Waals surface area contributed by atoms with Crippen LogP contribution in [0.4, 0.5) is 0 Å². The number of ether oxygens (including phenoxy) is 1. The molecule has 0 saturated heterocycles. The van der Waals surface area contributed by atoms with Gasteiger partial charge >= 0.3 is 0 Å². The third-order valence-electron chi connectivity index (χ3n) is 4.89. The third-order valence-corrected chi connectivity index (χ3v) is 4.89. The summed E-state index contributed by atoms with van der Waals surface area (Å²) in [6.45, 7) is 1.94. The van der Waals surface area contributed by atoms with E-state index in [1.54, 1.807) is 0 Å². The zero-order valence-corrected chi connectivity index (χ0v) is 14.9. The molecule has 0 fully saturated rings. The molecule has 0 aliphatic heterocycles. The van der Waals surface area contributed by atoms with Crippen molar-refractivity contribution in [2.75, 3.05) is 6.61 Å². The Morgan fingerprint density at radius 3 is 2.96 bits per heavy atom. The number of benzene rings is 2. The average Bonchev–Trinajstić information content (AvgIpc) is 2.66. The summed E-state index contributed by atoms with van der Waals surface area (Å²) in [6, 6.07) is 18.2. The Bertz CT molecular complexity index is 952. The highest BCUT2D eigenvalue weighted by atomic mass is 16.5. The number of para-hydroxylation sites is 1. The summed E-state index contributed by atoms with van der Waals surface area (Å²) >= 11 is 0.